The Hall–Kier alpha value is -2.36. The molecule has 0 saturated carbocycles. The van der Waals surface area contributed by atoms with Crippen molar-refractivity contribution in [2.45, 2.75) is 52.4 Å². The third-order valence-electron chi connectivity index (χ3n) is 3.78. The van der Waals surface area contributed by atoms with Gasteiger partial charge in [-0.3, -0.25) is 0 Å². The number of phenolic OH excluding ortho intramolecular Hbond substituents is 3. The molecule has 2 rings (SSSR count). The third kappa shape index (κ3) is 5.89. The van der Waals surface area contributed by atoms with Gasteiger partial charge in [0.2, 0.25) is 0 Å². The predicted octanol–water partition coefficient (Wildman–Crippen LogP) is 5.09. The van der Waals surface area contributed by atoms with Crippen LogP contribution in [0, 0.1) is 0 Å². The van der Waals surface area contributed by atoms with Crippen molar-refractivity contribution < 1.29 is 20.1 Å². The van der Waals surface area contributed by atoms with Gasteiger partial charge in [0.1, 0.15) is 23.0 Å². The van der Waals surface area contributed by atoms with Gasteiger partial charge < -0.3 is 20.1 Å². The summed E-state index contributed by atoms with van der Waals surface area (Å²) in [6.07, 6.45) is 0. The highest BCUT2D eigenvalue weighted by molar-refractivity contribution is 5.50. The van der Waals surface area contributed by atoms with Crippen molar-refractivity contribution in [3.63, 3.8) is 0 Å². The fraction of sp³-hybridized carbons (Fsp3) is 0.429. The zero-order chi connectivity index (χ0) is 19.4. The maximum atomic E-state index is 10.2. The van der Waals surface area contributed by atoms with Gasteiger partial charge in [0, 0.05) is 11.1 Å². The van der Waals surface area contributed by atoms with E-state index in [0.29, 0.717) is 5.75 Å². The Morgan fingerprint density at radius 1 is 0.680 bits per heavy atom. The van der Waals surface area contributed by atoms with Crippen LogP contribution >= 0.6 is 0 Å². The number of aromatic hydroxyl groups is 3. The van der Waals surface area contributed by atoms with Gasteiger partial charge >= 0.3 is 0 Å². The normalized spacial score (nSPS) is 11.5. The fourth-order valence-electron chi connectivity index (χ4n) is 2.38. The third-order valence-corrected chi connectivity index (χ3v) is 3.78. The monoisotopic (exact) mass is 346 g/mol. The first-order chi connectivity index (χ1) is 11.4. The molecule has 0 atom stereocenters. The second-order valence-corrected chi connectivity index (χ2v) is 8.09. The van der Waals surface area contributed by atoms with Gasteiger partial charge in [-0.15, -0.1) is 0 Å². The van der Waals surface area contributed by atoms with Crippen LogP contribution < -0.4 is 4.74 Å². The average molecular weight is 346 g/mol. The van der Waals surface area contributed by atoms with Crippen LogP contribution in [0.1, 0.15) is 52.7 Å². The van der Waals surface area contributed by atoms with Crippen LogP contribution in [0.5, 0.6) is 23.0 Å². The number of ether oxygens (including phenoxy) is 1. The van der Waals surface area contributed by atoms with Crippen LogP contribution in [0.2, 0.25) is 0 Å². The summed E-state index contributed by atoms with van der Waals surface area (Å²) in [5.41, 5.74) is 1.82. The first kappa shape index (κ1) is 20.7. The van der Waals surface area contributed by atoms with Crippen LogP contribution in [0.25, 0.3) is 0 Å². The number of benzene rings is 2. The van der Waals surface area contributed by atoms with Crippen molar-refractivity contribution in [1.82, 2.24) is 0 Å². The lowest BCUT2D eigenvalue weighted by Crippen LogP contribution is -2.16. The molecule has 138 valence electrons. The van der Waals surface area contributed by atoms with E-state index in [2.05, 4.69) is 41.5 Å². The van der Waals surface area contributed by atoms with Gasteiger partial charge in [-0.05, 0) is 47.2 Å². The molecule has 3 N–H and O–H groups in total. The Bertz CT molecular complexity index is 669. The fourth-order valence-corrected chi connectivity index (χ4v) is 2.38. The zero-order valence-electron chi connectivity index (χ0n) is 16.2. The topological polar surface area (TPSA) is 69.9 Å². The summed E-state index contributed by atoms with van der Waals surface area (Å²) in [6, 6.07) is 9.49. The molecule has 4 nitrogen and oxygen atoms in total. The van der Waals surface area contributed by atoms with Gasteiger partial charge in [0.15, 0.2) is 0 Å². The van der Waals surface area contributed by atoms with E-state index in [-0.39, 0.29) is 22.3 Å². The number of rotatable bonds is 1. The first-order valence-corrected chi connectivity index (χ1v) is 8.26. The van der Waals surface area contributed by atoms with E-state index in [1.165, 1.54) is 24.3 Å². The lowest BCUT2D eigenvalue weighted by atomic mass is 9.81. The Morgan fingerprint density at radius 3 is 1.40 bits per heavy atom. The van der Waals surface area contributed by atoms with Crippen LogP contribution in [-0.4, -0.2) is 22.4 Å². The van der Waals surface area contributed by atoms with Gasteiger partial charge in [-0.1, -0.05) is 41.5 Å². The van der Waals surface area contributed by atoms with E-state index in [4.69, 9.17) is 14.9 Å². The molecule has 0 aliphatic heterocycles. The molecular formula is C21H30O4. The van der Waals surface area contributed by atoms with E-state index in [1.54, 1.807) is 7.11 Å². The lowest BCUT2D eigenvalue weighted by Gasteiger charge is -2.27. The molecule has 0 aromatic heterocycles. The Morgan fingerprint density at radius 2 is 1.08 bits per heavy atom. The Labute approximate surface area is 150 Å². The maximum Gasteiger partial charge on any atom is 0.123 e. The van der Waals surface area contributed by atoms with Crippen molar-refractivity contribution in [3.05, 3.63) is 47.5 Å². The quantitative estimate of drug-likeness (QED) is 0.629. The van der Waals surface area contributed by atoms with Crippen LogP contribution in [0.3, 0.4) is 0 Å². The zero-order valence-corrected chi connectivity index (χ0v) is 16.2. The molecule has 2 aromatic carbocycles. The molecular weight excluding hydrogens is 316 g/mol. The summed E-state index contributed by atoms with van der Waals surface area (Å²) in [7, 11) is 1.67. The van der Waals surface area contributed by atoms with Crippen molar-refractivity contribution in [2.75, 3.05) is 7.11 Å². The summed E-state index contributed by atoms with van der Waals surface area (Å²) in [6.45, 7) is 12.6. The maximum absolute atomic E-state index is 10.2. The minimum Gasteiger partial charge on any atom is -0.508 e. The van der Waals surface area contributed by atoms with E-state index in [9.17, 15) is 5.11 Å². The number of phenols is 3. The molecule has 0 bridgehead atoms. The minimum atomic E-state index is -0.0895. The summed E-state index contributed by atoms with van der Waals surface area (Å²) >= 11 is 0. The molecule has 0 saturated heterocycles. The van der Waals surface area contributed by atoms with E-state index < -0.39 is 0 Å². The standard InChI is InChI=1S/C15H24O2.C6H6O2/c1-14(2,3)10-9-13(17-7)11(8-12(10)16)15(4,5)6;7-5-1-2-6(8)4-3-5/h8-9,16H,1-7H3;1-4,7-8H. The molecule has 2 aromatic rings. The van der Waals surface area contributed by atoms with Gasteiger partial charge in [-0.2, -0.15) is 0 Å². The Kier molecular flexibility index (Phi) is 6.36. The van der Waals surface area contributed by atoms with Crippen LogP contribution in [-0.2, 0) is 10.8 Å². The smallest absolute Gasteiger partial charge is 0.123 e. The summed E-state index contributed by atoms with van der Waals surface area (Å²) in [4.78, 5) is 0. The van der Waals surface area contributed by atoms with E-state index in [1.807, 2.05) is 12.1 Å². The SMILES string of the molecule is COc1cc(C(C)(C)C)c(O)cc1C(C)(C)C.Oc1ccc(O)cc1. The number of hydrogen-bond acceptors (Lipinski definition) is 4. The summed E-state index contributed by atoms with van der Waals surface area (Å²) in [5, 5.41) is 27.4. The van der Waals surface area contributed by atoms with Gasteiger partial charge in [-0.25, -0.2) is 0 Å². The van der Waals surface area contributed by atoms with Crippen molar-refractivity contribution >= 4 is 0 Å². The van der Waals surface area contributed by atoms with E-state index in [0.717, 1.165) is 16.9 Å². The lowest BCUT2D eigenvalue weighted by molar-refractivity contribution is 0.388. The van der Waals surface area contributed by atoms with Gasteiger partial charge in [0.25, 0.3) is 0 Å². The largest absolute Gasteiger partial charge is 0.508 e. The molecule has 0 amide bonds. The highest BCUT2D eigenvalue weighted by atomic mass is 16.5. The Balaban J connectivity index is 0.000000324. The second kappa shape index (κ2) is 7.68. The molecule has 0 aliphatic carbocycles. The average Bonchev–Trinajstić information content (AvgIpc) is 2.48. The molecule has 4 heteroatoms. The number of hydrogen-bond donors (Lipinski definition) is 3. The molecule has 0 fully saturated rings. The first-order valence-electron chi connectivity index (χ1n) is 8.26. The highest BCUT2D eigenvalue weighted by Crippen LogP contribution is 2.40. The molecule has 0 radical (unpaired) electrons. The van der Waals surface area contributed by atoms with Crippen LogP contribution in [0.15, 0.2) is 36.4 Å². The molecule has 25 heavy (non-hydrogen) atoms. The van der Waals surface area contributed by atoms with Crippen molar-refractivity contribution in [3.8, 4) is 23.0 Å². The molecule has 0 spiro atoms. The molecule has 0 heterocycles. The number of methoxy groups -OCH3 is 1. The van der Waals surface area contributed by atoms with Crippen molar-refractivity contribution in [2.24, 2.45) is 0 Å². The van der Waals surface area contributed by atoms with Crippen molar-refractivity contribution in [1.29, 1.82) is 0 Å². The second-order valence-electron chi connectivity index (χ2n) is 8.09. The highest BCUT2D eigenvalue weighted by Gasteiger charge is 2.25. The predicted molar refractivity (Wildman–Crippen MR) is 102 cm³/mol. The van der Waals surface area contributed by atoms with E-state index >= 15 is 0 Å². The summed E-state index contributed by atoms with van der Waals surface area (Å²) < 4.78 is 5.45. The minimum absolute atomic E-state index is 0.0424. The van der Waals surface area contributed by atoms with Gasteiger partial charge in [0.05, 0.1) is 7.11 Å². The molecule has 0 aliphatic rings. The van der Waals surface area contributed by atoms with Crippen LogP contribution in [0.4, 0.5) is 0 Å². The summed E-state index contributed by atoms with van der Waals surface area (Å²) in [5.74, 6) is 1.54. The molecule has 0 unspecified atom stereocenters.